The van der Waals surface area contributed by atoms with Crippen molar-refractivity contribution < 1.29 is 26.7 Å². The SMILES string of the molecule is Fc1ccc(NCc2cccc(OC(F)(F)F)c2)c(F)c1. The second kappa shape index (κ2) is 5.99. The Morgan fingerprint density at radius 3 is 2.43 bits per heavy atom. The summed E-state index contributed by atoms with van der Waals surface area (Å²) in [5, 5.41) is 2.67. The van der Waals surface area contributed by atoms with Gasteiger partial charge in [0.05, 0.1) is 5.69 Å². The minimum Gasteiger partial charge on any atom is -0.406 e. The number of alkyl halides is 3. The third kappa shape index (κ3) is 4.62. The fraction of sp³-hybridized carbons (Fsp3) is 0.143. The summed E-state index contributed by atoms with van der Waals surface area (Å²) in [6, 6.07) is 8.29. The molecule has 0 unspecified atom stereocenters. The Labute approximate surface area is 117 Å². The van der Waals surface area contributed by atoms with Crippen LogP contribution in [0.25, 0.3) is 0 Å². The lowest BCUT2D eigenvalue weighted by molar-refractivity contribution is -0.274. The Balaban J connectivity index is 2.05. The van der Waals surface area contributed by atoms with E-state index in [1.165, 1.54) is 18.2 Å². The van der Waals surface area contributed by atoms with Crippen molar-refractivity contribution >= 4 is 5.69 Å². The van der Waals surface area contributed by atoms with Gasteiger partial charge < -0.3 is 10.1 Å². The zero-order chi connectivity index (χ0) is 15.5. The summed E-state index contributed by atoms with van der Waals surface area (Å²) < 4.78 is 66.2. The van der Waals surface area contributed by atoms with Crippen LogP contribution in [0.4, 0.5) is 27.6 Å². The van der Waals surface area contributed by atoms with Gasteiger partial charge in [0.2, 0.25) is 0 Å². The zero-order valence-corrected chi connectivity index (χ0v) is 10.5. The number of nitrogens with one attached hydrogen (secondary N) is 1. The Bertz CT molecular complexity index is 627. The standard InChI is InChI=1S/C14H10F5NO/c15-10-4-5-13(12(16)7-10)20-8-9-2-1-3-11(6-9)21-14(17,18)19/h1-7,20H,8H2. The smallest absolute Gasteiger partial charge is 0.406 e. The topological polar surface area (TPSA) is 21.3 Å². The summed E-state index contributed by atoms with van der Waals surface area (Å²) in [6.07, 6.45) is -4.77. The first kappa shape index (κ1) is 15.1. The molecule has 112 valence electrons. The van der Waals surface area contributed by atoms with Crippen LogP contribution in [0.1, 0.15) is 5.56 Å². The molecule has 2 aromatic rings. The van der Waals surface area contributed by atoms with Crippen molar-refractivity contribution in [2.45, 2.75) is 12.9 Å². The molecule has 0 aliphatic carbocycles. The van der Waals surface area contributed by atoms with Crippen LogP contribution in [0.15, 0.2) is 42.5 Å². The number of ether oxygens (including phenoxy) is 1. The van der Waals surface area contributed by atoms with Crippen molar-refractivity contribution in [3.8, 4) is 5.75 Å². The molecule has 0 atom stereocenters. The normalized spacial score (nSPS) is 11.3. The second-order valence-electron chi connectivity index (χ2n) is 4.17. The maximum absolute atomic E-state index is 13.4. The van der Waals surface area contributed by atoms with Gasteiger partial charge in [0, 0.05) is 12.6 Å². The largest absolute Gasteiger partial charge is 0.573 e. The van der Waals surface area contributed by atoms with E-state index < -0.39 is 18.0 Å². The molecule has 2 aromatic carbocycles. The third-order valence-corrected chi connectivity index (χ3v) is 2.55. The highest BCUT2D eigenvalue weighted by Gasteiger charge is 2.31. The summed E-state index contributed by atoms with van der Waals surface area (Å²) in [4.78, 5) is 0. The van der Waals surface area contributed by atoms with E-state index in [4.69, 9.17) is 0 Å². The van der Waals surface area contributed by atoms with E-state index in [-0.39, 0.29) is 18.0 Å². The van der Waals surface area contributed by atoms with Crippen LogP contribution in [0, 0.1) is 11.6 Å². The predicted molar refractivity (Wildman–Crippen MR) is 66.8 cm³/mol. The first-order valence-electron chi connectivity index (χ1n) is 5.87. The Morgan fingerprint density at radius 1 is 1.00 bits per heavy atom. The van der Waals surface area contributed by atoms with Crippen LogP contribution < -0.4 is 10.1 Å². The van der Waals surface area contributed by atoms with E-state index in [0.717, 1.165) is 12.1 Å². The Kier molecular flexibility index (Phi) is 4.30. The molecule has 21 heavy (non-hydrogen) atoms. The highest BCUT2D eigenvalue weighted by atomic mass is 19.4. The number of anilines is 1. The van der Waals surface area contributed by atoms with E-state index in [9.17, 15) is 22.0 Å². The summed E-state index contributed by atoms with van der Waals surface area (Å²) in [7, 11) is 0. The zero-order valence-electron chi connectivity index (χ0n) is 10.5. The monoisotopic (exact) mass is 303 g/mol. The van der Waals surface area contributed by atoms with Crippen LogP contribution in [0.3, 0.4) is 0 Å². The molecule has 0 spiro atoms. The van der Waals surface area contributed by atoms with Crippen LogP contribution in [-0.2, 0) is 6.54 Å². The van der Waals surface area contributed by atoms with Gasteiger partial charge >= 0.3 is 6.36 Å². The molecule has 0 heterocycles. The number of hydrogen-bond acceptors (Lipinski definition) is 2. The molecule has 0 aromatic heterocycles. The van der Waals surface area contributed by atoms with Crippen molar-refractivity contribution in [2.75, 3.05) is 5.32 Å². The lowest BCUT2D eigenvalue weighted by Crippen LogP contribution is -2.17. The minimum atomic E-state index is -4.77. The van der Waals surface area contributed by atoms with Crippen molar-refractivity contribution in [2.24, 2.45) is 0 Å². The summed E-state index contributed by atoms with van der Waals surface area (Å²) >= 11 is 0. The van der Waals surface area contributed by atoms with E-state index in [0.29, 0.717) is 11.6 Å². The average molecular weight is 303 g/mol. The highest BCUT2D eigenvalue weighted by Crippen LogP contribution is 2.24. The van der Waals surface area contributed by atoms with Crippen LogP contribution in [0.2, 0.25) is 0 Å². The van der Waals surface area contributed by atoms with Gasteiger partial charge in [0.1, 0.15) is 17.4 Å². The Morgan fingerprint density at radius 2 is 1.76 bits per heavy atom. The Hall–Kier alpha value is -2.31. The van der Waals surface area contributed by atoms with Gasteiger partial charge in [-0.3, -0.25) is 0 Å². The van der Waals surface area contributed by atoms with E-state index in [1.54, 1.807) is 6.07 Å². The average Bonchev–Trinajstić information content (AvgIpc) is 2.36. The van der Waals surface area contributed by atoms with Crippen LogP contribution >= 0.6 is 0 Å². The van der Waals surface area contributed by atoms with Gasteiger partial charge in [0.25, 0.3) is 0 Å². The third-order valence-electron chi connectivity index (χ3n) is 2.55. The quantitative estimate of drug-likeness (QED) is 0.841. The van der Waals surface area contributed by atoms with Gasteiger partial charge in [-0.2, -0.15) is 0 Å². The minimum absolute atomic E-state index is 0.0542. The molecule has 0 aliphatic rings. The van der Waals surface area contributed by atoms with Crippen molar-refractivity contribution in [3.05, 3.63) is 59.7 Å². The molecular weight excluding hydrogens is 293 g/mol. The predicted octanol–water partition coefficient (Wildman–Crippen LogP) is 4.48. The van der Waals surface area contributed by atoms with E-state index in [1.807, 2.05) is 0 Å². The van der Waals surface area contributed by atoms with Crippen LogP contribution in [-0.4, -0.2) is 6.36 Å². The molecule has 0 fully saturated rings. The lowest BCUT2D eigenvalue weighted by atomic mass is 10.2. The molecule has 0 saturated heterocycles. The number of hydrogen-bond donors (Lipinski definition) is 1. The summed E-state index contributed by atoms with van der Waals surface area (Å²) in [5.41, 5.74) is 0.513. The number of benzene rings is 2. The molecule has 0 amide bonds. The van der Waals surface area contributed by atoms with Gasteiger partial charge in [-0.15, -0.1) is 13.2 Å². The van der Waals surface area contributed by atoms with Gasteiger partial charge in [-0.1, -0.05) is 12.1 Å². The fourth-order valence-corrected chi connectivity index (χ4v) is 1.68. The second-order valence-corrected chi connectivity index (χ2v) is 4.17. The molecule has 1 N–H and O–H groups in total. The molecule has 0 saturated carbocycles. The molecular formula is C14H10F5NO. The number of halogens is 5. The first-order chi connectivity index (χ1) is 9.83. The molecule has 2 nitrogen and oxygen atoms in total. The van der Waals surface area contributed by atoms with E-state index in [2.05, 4.69) is 10.1 Å². The molecule has 7 heteroatoms. The summed E-state index contributed by atoms with van der Waals surface area (Å²) in [6.45, 7) is 0.0671. The van der Waals surface area contributed by atoms with E-state index >= 15 is 0 Å². The maximum Gasteiger partial charge on any atom is 0.573 e. The first-order valence-corrected chi connectivity index (χ1v) is 5.87. The van der Waals surface area contributed by atoms with Crippen molar-refractivity contribution in [1.82, 2.24) is 0 Å². The highest BCUT2D eigenvalue weighted by molar-refractivity contribution is 5.45. The molecule has 2 rings (SSSR count). The summed E-state index contributed by atoms with van der Waals surface area (Å²) in [5.74, 6) is -1.85. The molecule has 0 radical (unpaired) electrons. The fourth-order valence-electron chi connectivity index (χ4n) is 1.68. The molecule has 0 aliphatic heterocycles. The number of rotatable bonds is 4. The van der Waals surface area contributed by atoms with Crippen LogP contribution in [0.5, 0.6) is 5.75 Å². The molecule has 0 bridgehead atoms. The lowest BCUT2D eigenvalue weighted by Gasteiger charge is -2.11. The van der Waals surface area contributed by atoms with Gasteiger partial charge in [-0.05, 0) is 29.8 Å². The van der Waals surface area contributed by atoms with Gasteiger partial charge in [0.15, 0.2) is 0 Å². The van der Waals surface area contributed by atoms with Gasteiger partial charge in [-0.25, -0.2) is 8.78 Å². The maximum atomic E-state index is 13.4. The van der Waals surface area contributed by atoms with Crippen molar-refractivity contribution in [1.29, 1.82) is 0 Å². The van der Waals surface area contributed by atoms with Crippen molar-refractivity contribution in [3.63, 3.8) is 0 Å².